The van der Waals surface area contributed by atoms with E-state index in [4.69, 9.17) is 9.72 Å². The number of carbonyl (C=O) groups is 3. The third kappa shape index (κ3) is 5.90. The molecule has 1 aromatic carbocycles. The number of fused-ring (bicyclic) bond motifs is 1. The van der Waals surface area contributed by atoms with Gasteiger partial charge in [0.15, 0.2) is 5.82 Å². The quantitative estimate of drug-likeness (QED) is 0.464. The summed E-state index contributed by atoms with van der Waals surface area (Å²) in [4.78, 5) is 47.5. The Balaban J connectivity index is 1.63. The molecule has 3 heterocycles. The molecule has 1 unspecified atom stereocenters. The van der Waals surface area contributed by atoms with Crippen LogP contribution in [-0.2, 0) is 27.4 Å². The van der Waals surface area contributed by atoms with E-state index < -0.39 is 18.2 Å². The van der Waals surface area contributed by atoms with Crippen LogP contribution in [0.25, 0.3) is 11.4 Å². The highest BCUT2D eigenvalue weighted by molar-refractivity contribution is 5.89. The normalized spacial score (nSPS) is 17.3. The summed E-state index contributed by atoms with van der Waals surface area (Å²) in [7, 11) is 0. The molecule has 37 heavy (non-hydrogen) atoms. The van der Waals surface area contributed by atoms with Gasteiger partial charge < -0.3 is 25.0 Å². The summed E-state index contributed by atoms with van der Waals surface area (Å²) in [5, 5.41) is 5.33. The van der Waals surface area contributed by atoms with Crippen LogP contribution in [0.4, 0.5) is 34.3 Å². The summed E-state index contributed by atoms with van der Waals surface area (Å²) in [6, 6.07) is 6.41. The van der Waals surface area contributed by atoms with Crippen molar-refractivity contribution in [3.05, 3.63) is 35.5 Å². The number of rotatable bonds is 4. The number of nitrogens with zero attached hydrogens (tertiary/aromatic N) is 4. The van der Waals surface area contributed by atoms with E-state index in [9.17, 15) is 27.6 Å². The van der Waals surface area contributed by atoms with Gasteiger partial charge in [-0.1, -0.05) is 0 Å². The first-order valence-electron chi connectivity index (χ1n) is 11.5. The topological polar surface area (TPSA) is 126 Å². The summed E-state index contributed by atoms with van der Waals surface area (Å²) in [6.07, 6.45) is -6.70. The number of benzene rings is 1. The van der Waals surface area contributed by atoms with Gasteiger partial charge in [-0.25, -0.2) is 24.4 Å². The van der Waals surface area contributed by atoms with Gasteiger partial charge in [0.25, 0.3) is 0 Å². The van der Waals surface area contributed by atoms with Gasteiger partial charge in [-0.05, 0) is 38.1 Å². The number of urea groups is 1. The monoisotopic (exact) mass is 522 g/mol. The summed E-state index contributed by atoms with van der Waals surface area (Å²) in [5.74, 6) is -1.72. The Morgan fingerprint density at radius 2 is 1.89 bits per heavy atom. The fraction of sp³-hybridized carbons (Fsp3) is 0.435. The molecule has 3 amide bonds. The van der Waals surface area contributed by atoms with E-state index in [1.54, 1.807) is 31.2 Å². The lowest BCUT2D eigenvalue weighted by Gasteiger charge is -2.35. The van der Waals surface area contributed by atoms with Gasteiger partial charge in [0, 0.05) is 29.9 Å². The van der Waals surface area contributed by atoms with Crippen LogP contribution >= 0.6 is 0 Å². The van der Waals surface area contributed by atoms with Crippen molar-refractivity contribution in [3.8, 4) is 11.4 Å². The fourth-order valence-electron chi connectivity index (χ4n) is 4.02. The van der Waals surface area contributed by atoms with Crippen LogP contribution in [0.1, 0.15) is 25.1 Å². The van der Waals surface area contributed by atoms with Crippen molar-refractivity contribution in [2.24, 2.45) is 0 Å². The number of carbonyl (C=O) groups excluding carboxylic acids is 3. The minimum atomic E-state index is -5.29. The van der Waals surface area contributed by atoms with E-state index in [1.165, 1.54) is 0 Å². The summed E-state index contributed by atoms with van der Waals surface area (Å²) >= 11 is 0. The van der Waals surface area contributed by atoms with Crippen LogP contribution in [0.15, 0.2) is 24.3 Å². The molecule has 1 fully saturated rings. The number of amides is 3. The van der Waals surface area contributed by atoms with Gasteiger partial charge in [0.2, 0.25) is 0 Å². The predicted octanol–water partition coefficient (Wildman–Crippen LogP) is 3.05. The molecule has 0 spiro atoms. The Morgan fingerprint density at radius 3 is 2.54 bits per heavy atom. The number of esters is 1. The molecule has 2 N–H and O–H groups in total. The minimum Gasteiger partial charge on any atom is -0.377 e. The maximum absolute atomic E-state index is 12.6. The number of anilines is 2. The molecule has 1 saturated heterocycles. The van der Waals surface area contributed by atoms with E-state index in [0.717, 1.165) is 4.90 Å². The van der Waals surface area contributed by atoms with Crippen LogP contribution < -0.4 is 15.5 Å². The molecule has 1 atom stereocenters. The number of hydrogen-bond donors (Lipinski definition) is 2. The Hall–Kier alpha value is -3.94. The fourth-order valence-corrected chi connectivity index (χ4v) is 4.02. The molecule has 14 heteroatoms. The summed E-state index contributed by atoms with van der Waals surface area (Å²) < 4.78 is 47.2. The molecule has 0 aliphatic carbocycles. The highest BCUT2D eigenvalue weighted by Crippen LogP contribution is 2.34. The van der Waals surface area contributed by atoms with Crippen molar-refractivity contribution >= 4 is 29.6 Å². The second-order valence-corrected chi connectivity index (χ2v) is 8.48. The Kier molecular flexibility index (Phi) is 7.47. The molecular weight excluding hydrogens is 497 g/mol. The summed E-state index contributed by atoms with van der Waals surface area (Å²) in [6.45, 7) is 5.35. The van der Waals surface area contributed by atoms with Crippen LogP contribution in [0, 0.1) is 0 Å². The Labute approximate surface area is 209 Å². The third-order valence-electron chi connectivity index (χ3n) is 5.81. The van der Waals surface area contributed by atoms with Crippen molar-refractivity contribution in [3.63, 3.8) is 0 Å². The Morgan fingerprint density at radius 1 is 1.16 bits per heavy atom. The number of alkyl halides is 3. The average molecular weight is 522 g/mol. The van der Waals surface area contributed by atoms with E-state index >= 15 is 0 Å². The number of nitrogens with one attached hydrogen (secondary N) is 2. The van der Waals surface area contributed by atoms with Crippen molar-refractivity contribution in [1.29, 1.82) is 0 Å². The number of aromatic nitrogens is 2. The molecule has 198 valence electrons. The lowest BCUT2D eigenvalue weighted by Crippen LogP contribution is -2.44. The number of halogens is 3. The Bertz CT molecular complexity index is 1190. The van der Waals surface area contributed by atoms with E-state index in [1.807, 2.05) is 11.8 Å². The van der Waals surface area contributed by atoms with Gasteiger partial charge in [-0.15, -0.1) is 0 Å². The summed E-state index contributed by atoms with van der Waals surface area (Å²) in [5.41, 5.74) is 2.17. The molecule has 4 rings (SSSR count). The smallest absolute Gasteiger partial charge is 0.377 e. The van der Waals surface area contributed by atoms with Crippen LogP contribution in [0.3, 0.4) is 0 Å². The standard InChI is InChI=1S/C23H25F3N6O5/c1-3-27-21(34)28-15-6-4-14(5-7-15)18-29-17-11-31(22(35)37-20(33)23(24,25)26)10-16(17)19(30-18)32-8-9-36-12-13(32)2/h4-7,13H,3,8-12H2,1-2H3,(H2,27,28,34). The first-order valence-corrected chi connectivity index (χ1v) is 11.5. The van der Waals surface area contributed by atoms with E-state index in [-0.39, 0.29) is 25.2 Å². The molecule has 0 saturated carbocycles. The van der Waals surface area contributed by atoms with Crippen molar-refractivity contribution in [2.45, 2.75) is 39.2 Å². The maximum atomic E-state index is 12.6. The zero-order valence-electron chi connectivity index (χ0n) is 20.1. The molecule has 0 radical (unpaired) electrons. The second-order valence-electron chi connectivity index (χ2n) is 8.48. The van der Waals surface area contributed by atoms with Crippen molar-refractivity contribution in [2.75, 3.05) is 36.5 Å². The van der Waals surface area contributed by atoms with E-state index in [2.05, 4.69) is 20.4 Å². The zero-order valence-corrected chi connectivity index (χ0v) is 20.1. The SMILES string of the molecule is CCNC(=O)Nc1ccc(-c2nc3c(c(N4CCOCC4C)n2)CN(C(=O)OC(=O)C(F)(F)F)C3)cc1. The van der Waals surface area contributed by atoms with E-state index in [0.29, 0.717) is 60.5 Å². The number of hydrogen-bond acceptors (Lipinski definition) is 8. The third-order valence-corrected chi connectivity index (χ3v) is 5.81. The molecule has 1 aromatic heterocycles. The zero-order chi connectivity index (χ0) is 26.7. The predicted molar refractivity (Wildman–Crippen MR) is 125 cm³/mol. The van der Waals surface area contributed by atoms with Gasteiger partial charge >= 0.3 is 24.3 Å². The average Bonchev–Trinajstić information content (AvgIpc) is 3.28. The number of morpholine rings is 1. The first-order chi connectivity index (χ1) is 17.6. The van der Waals surface area contributed by atoms with Gasteiger partial charge in [0.05, 0.1) is 38.0 Å². The molecule has 2 aliphatic rings. The maximum Gasteiger partial charge on any atom is 0.491 e. The van der Waals surface area contributed by atoms with Crippen molar-refractivity contribution < 1.29 is 37.0 Å². The lowest BCUT2D eigenvalue weighted by molar-refractivity contribution is -0.193. The second kappa shape index (κ2) is 10.6. The molecule has 0 bridgehead atoms. The van der Waals surface area contributed by atoms with Gasteiger partial charge in [-0.3, -0.25) is 4.90 Å². The van der Waals surface area contributed by atoms with Crippen LogP contribution in [-0.4, -0.2) is 71.5 Å². The van der Waals surface area contributed by atoms with Crippen molar-refractivity contribution in [1.82, 2.24) is 20.2 Å². The first kappa shape index (κ1) is 26.1. The molecule has 2 aromatic rings. The number of ether oxygens (including phenoxy) is 2. The van der Waals surface area contributed by atoms with Gasteiger partial charge in [-0.2, -0.15) is 13.2 Å². The largest absolute Gasteiger partial charge is 0.491 e. The minimum absolute atomic E-state index is 0.0583. The molecular formula is C23H25F3N6O5. The highest BCUT2D eigenvalue weighted by atomic mass is 19.4. The van der Waals surface area contributed by atoms with Crippen LogP contribution in [0.2, 0.25) is 0 Å². The molecule has 11 nitrogen and oxygen atoms in total. The lowest BCUT2D eigenvalue weighted by atomic mass is 10.1. The van der Waals surface area contributed by atoms with Gasteiger partial charge in [0.1, 0.15) is 5.82 Å². The highest BCUT2D eigenvalue weighted by Gasteiger charge is 2.44. The molecule has 2 aliphatic heterocycles. The van der Waals surface area contributed by atoms with Crippen LogP contribution in [0.5, 0.6) is 0 Å².